The Morgan fingerprint density at radius 1 is 0.226 bits per heavy atom. The Morgan fingerprint density at radius 2 is 0.642 bits per heavy atom. The van der Waals surface area contributed by atoms with Gasteiger partial charge in [-0.25, -0.2) is 0 Å². The van der Waals surface area contributed by atoms with E-state index in [4.69, 9.17) is 0 Å². The van der Waals surface area contributed by atoms with Crippen molar-refractivity contribution in [3.8, 4) is 11.1 Å². The second-order valence-electron chi connectivity index (χ2n) is 14.1. The zero-order valence-corrected chi connectivity index (χ0v) is 29.0. The molecule has 0 heterocycles. The maximum Gasteiger partial charge on any atom is 0.0546 e. The molecule has 11 aromatic carbocycles. The lowest BCUT2D eigenvalue weighted by Crippen LogP contribution is -2.10. The quantitative estimate of drug-likeness (QED) is 0.168. The van der Waals surface area contributed by atoms with Crippen LogP contribution in [0.3, 0.4) is 0 Å². The van der Waals surface area contributed by atoms with Crippen molar-refractivity contribution >= 4 is 92.5 Å². The van der Waals surface area contributed by atoms with Crippen LogP contribution in [0.4, 0.5) is 17.1 Å². The highest BCUT2D eigenvalue weighted by Crippen LogP contribution is 2.45. The fraction of sp³-hybridized carbons (Fsp3) is 0. The third kappa shape index (κ3) is 4.71. The summed E-state index contributed by atoms with van der Waals surface area (Å²) in [5.41, 5.74) is 5.82. The van der Waals surface area contributed by atoms with Gasteiger partial charge in [0.25, 0.3) is 0 Å². The molecule has 0 aliphatic heterocycles. The van der Waals surface area contributed by atoms with Gasteiger partial charge in [0, 0.05) is 16.8 Å². The van der Waals surface area contributed by atoms with Gasteiger partial charge in [-0.2, -0.15) is 0 Å². The van der Waals surface area contributed by atoms with Crippen molar-refractivity contribution in [1.82, 2.24) is 0 Å². The summed E-state index contributed by atoms with van der Waals surface area (Å²) in [6.07, 6.45) is 0. The second-order valence-corrected chi connectivity index (χ2v) is 14.1. The highest BCUT2D eigenvalue weighted by atomic mass is 15.1. The fourth-order valence-corrected chi connectivity index (χ4v) is 8.68. The first-order valence-corrected chi connectivity index (χ1v) is 18.3. The summed E-state index contributed by atoms with van der Waals surface area (Å²) in [5, 5.41) is 17.7. The molecule has 0 saturated carbocycles. The Hall–Kier alpha value is -6.96. The van der Waals surface area contributed by atoms with Crippen LogP contribution in [0.25, 0.3) is 86.5 Å². The summed E-state index contributed by atoms with van der Waals surface area (Å²) in [7, 11) is 0. The van der Waals surface area contributed by atoms with E-state index in [2.05, 4.69) is 205 Å². The molecule has 0 amide bonds. The molecular formula is C52H33N. The van der Waals surface area contributed by atoms with Crippen LogP contribution in [0.1, 0.15) is 0 Å². The number of rotatable bonds is 4. The first-order chi connectivity index (χ1) is 26.3. The normalized spacial score (nSPS) is 11.8. The molecule has 0 aromatic heterocycles. The van der Waals surface area contributed by atoms with E-state index < -0.39 is 0 Å². The van der Waals surface area contributed by atoms with E-state index in [-0.39, 0.29) is 0 Å². The number of benzene rings is 11. The summed E-state index contributed by atoms with van der Waals surface area (Å²) in [6.45, 7) is 0. The van der Waals surface area contributed by atoms with Crippen LogP contribution < -0.4 is 4.90 Å². The average Bonchev–Trinajstić information content (AvgIpc) is 3.24. The molecule has 0 spiro atoms. The molecule has 0 radical (unpaired) electrons. The zero-order valence-electron chi connectivity index (χ0n) is 29.0. The molecular weight excluding hydrogens is 639 g/mol. The Balaban J connectivity index is 1.13. The number of nitrogens with zero attached hydrogens (tertiary/aromatic N) is 1. The van der Waals surface area contributed by atoms with Crippen LogP contribution in [-0.2, 0) is 0 Å². The van der Waals surface area contributed by atoms with Crippen LogP contribution >= 0.6 is 0 Å². The van der Waals surface area contributed by atoms with Gasteiger partial charge in [-0.1, -0.05) is 164 Å². The molecule has 53 heavy (non-hydrogen) atoms. The van der Waals surface area contributed by atoms with E-state index >= 15 is 0 Å². The Kier molecular flexibility index (Phi) is 6.62. The van der Waals surface area contributed by atoms with Gasteiger partial charge >= 0.3 is 0 Å². The van der Waals surface area contributed by atoms with Gasteiger partial charge in [-0.3, -0.25) is 0 Å². The van der Waals surface area contributed by atoms with Crippen molar-refractivity contribution in [2.24, 2.45) is 0 Å². The molecule has 0 aliphatic carbocycles. The summed E-state index contributed by atoms with van der Waals surface area (Å²) < 4.78 is 0. The van der Waals surface area contributed by atoms with Crippen molar-refractivity contribution in [3.05, 3.63) is 200 Å². The summed E-state index contributed by atoms with van der Waals surface area (Å²) in [5.74, 6) is 0. The predicted molar refractivity (Wildman–Crippen MR) is 229 cm³/mol. The first-order valence-electron chi connectivity index (χ1n) is 18.3. The van der Waals surface area contributed by atoms with Crippen LogP contribution in [0, 0.1) is 0 Å². The van der Waals surface area contributed by atoms with Gasteiger partial charge in [0.1, 0.15) is 0 Å². The molecule has 0 aliphatic rings. The van der Waals surface area contributed by atoms with E-state index in [1.165, 1.54) is 86.5 Å². The van der Waals surface area contributed by atoms with Crippen LogP contribution in [-0.4, -0.2) is 0 Å². The summed E-state index contributed by atoms with van der Waals surface area (Å²) in [6, 6.07) is 73.7. The molecule has 0 bridgehead atoms. The van der Waals surface area contributed by atoms with Gasteiger partial charge in [-0.15, -0.1) is 0 Å². The van der Waals surface area contributed by atoms with Crippen LogP contribution in [0.5, 0.6) is 0 Å². The van der Waals surface area contributed by atoms with Crippen molar-refractivity contribution in [3.63, 3.8) is 0 Å². The molecule has 1 nitrogen and oxygen atoms in total. The molecule has 0 unspecified atom stereocenters. The smallest absolute Gasteiger partial charge is 0.0546 e. The topological polar surface area (TPSA) is 3.24 Å². The molecule has 11 rings (SSSR count). The maximum absolute atomic E-state index is 2.45. The first kappa shape index (κ1) is 29.7. The van der Waals surface area contributed by atoms with Gasteiger partial charge in [-0.05, 0) is 118 Å². The molecule has 0 N–H and O–H groups in total. The zero-order chi connectivity index (χ0) is 34.9. The Bertz CT molecular complexity index is 3190. The van der Waals surface area contributed by atoms with E-state index in [1.54, 1.807) is 0 Å². The fourth-order valence-electron chi connectivity index (χ4n) is 8.68. The Labute approximate surface area is 307 Å². The Morgan fingerprint density at radius 3 is 1.32 bits per heavy atom. The van der Waals surface area contributed by atoms with E-state index in [9.17, 15) is 0 Å². The predicted octanol–water partition coefficient (Wildman–Crippen LogP) is 14.9. The van der Waals surface area contributed by atoms with Crippen molar-refractivity contribution in [1.29, 1.82) is 0 Å². The van der Waals surface area contributed by atoms with Gasteiger partial charge < -0.3 is 4.90 Å². The van der Waals surface area contributed by atoms with Crippen LogP contribution in [0.2, 0.25) is 0 Å². The lowest BCUT2D eigenvalue weighted by Gasteiger charge is -2.28. The third-order valence-corrected chi connectivity index (χ3v) is 11.2. The van der Waals surface area contributed by atoms with Gasteiger partial charge in [0.05, 0.1) is 5.69 Å². The molecule has 11 aromatic rings. The van der Waals surface area contributed by atoms with E-state index in [0.29, 0.717) is 0 Å². The van der Waals surface area contributed by atoms with Crippen molar-refractivity contribution in [2.75, 3.05) is 4.90 Å². The molecule has 1 heteroatoms. The monoisotopic (exact) mass is 671 g/mol. The minimum atomic E-state index is 1.12. The summed E-state index contributed by atoms with van der Waals surface area (Å²) >= 11 is 0. The third-order valence-electron chi connectivity index (χ3n) is 11.2. The molecule has 0 atom stereocenters. The van der Waals surface area contributed by atoms with Gasteiger partial charge in [0.2, 0.25) is 0 Å². The summed E-state index contributed by atoms with van der Waals surface area (Å²) in [4.78, 5) is 2.45. The second kappa shape index (κ2) is 11.8. The number of hydrogen-bond donors (Lipinski definition) is 0. The lowest BCUT2D eigenvalue weighted by atomic mass is 9.93. The lowest BCUT2D eigenvalue weighted by molar-refractivity contribution is 1.31. The standard InChI is InChI=1S/C52H33N/c1-3-13-41-35(11-1)21-22-38-31-36(25-29-43(38)41)34-23-26-39(27-24-34)53(52-32-37-12-2-4-14-42(37)44-15-9-10-20-50(44)52)40-28-30-49-47-18-6-5-16-45(47)46-17-7-8-19-48(46)51(49)33-40/h1-33H. The number of hydrogen-bond acceptors (Lipinski definition) is 1. The molecule has 0 saturated heterocycles. The average molecular weight is 672 g/mol. The maximum atomic E-state index is 2.45. The largest absolute Gasteiger partial charge is 0.310 e. The van der Waals surface area contributed by atoms with E-state index in [1.807, 2.05) is 0 Å². The van der Waals surface area contributed by atoms with Crippen molar-refractivity contribution < 1.29 is 0 Å². The molecule has 246 valence electrons. The number of anilines is 3. The van der Waals surface area contributed by atoms with Crippen LogP contribution in [0.15, 0.2) is 200 Å². The highest BCUT2D eigenvalue weighted by Gasteiger charge is 2.19. The van der Waals surface area contributed by atoms with Crippen molar-refractivity contribution in [2.45, 2.75) is 0 Å². The van der Waals surface area contributed by atoms with E-state index in [0.717, 1.165) is 17.1 Å². The molecule has 0 fully saturated rings. The van der Waals surface area contributed by atoms with Gasteiger partial charge in [0.15, 0.2) is 0 Å². The minimum Gasteiger partial charge on any atom is -0.310 e. The number of fused-ring (bicyclic) bond motifs is 12. The SMILES string of the molecule is c1ccc2c(c1)ccc1cc(-c3ccc(N(c4ccc5c6ccccc6c6ccccc6c5c4)c4cc5ccccc5c5ccccc45)cc3)ccc12. The minimum absolute atomic E-state index is 1.12. The highest BCUT2D eigenvalue weighted by molar-refractivity contribution is 6.26.